The van der Waals surface area contributed by atoms with Crippen molar-refractivity contribution in [1.82, 2.24) is 5.32 Å². The highest BCUT2D eigenvalue weighted by atomic mass is 127. The van der Waals surface area contributed by atoms with Gasteiger partial charge in [-0.25, -0.2) is 4.99 Å². The number of nitrogens with zero attached hydrogens (tertiary/aromatic N) is 1. The Morgan fingerprint density at radius 2 is 2.15 bits per heavy atom. The molecule has 0 amide bonds. The number of methoxy groups -OCH3 is 1. The van der Waals surface area contributed by atoms with Crippen LogP contribution in [0.4, 0.5) is 0 Å². The number of nitrogens with one attached hydrogen (secondary N) is 1. The first-order chi connectivity index (χ1) is 9.67. The highest BCUT2D eigenvalue weighted by Gasteiger charge is 2.31. The van der Waals surface area contributed by atoms with E-state index in [0.29, 0.717) is 5.92 Å². The Morgan fingerprint density at radius 3 is 2.80 bits per heavy atom. The third kappa shape index (κ3) is 2.79. The number of aliphatic imine (C=N–C) groups is 1. The molecule has 5 heteroatoms. The summed E-state index contributed by atoms with van der Waals surface area (Å²) in [7, 11) is 1.68. The SMILES string of the molecule is COc1ccc(CNC2=C(Br)C3CC(I)=CC3=N2)cc1. The predicted molar refractivity (Wildman–Crippen MR) is 93.4 cm³/mol. The second-order valence-electron chi connectivity index (χ2n) is 4.78. The molecule has 0 bridgehead atoms. The van der Waals surface area contributed by atoms with Gasteiger partial charge in [0.25, 0.3) is 0 Å². The largest absolute Gasteiger partial charge is 0.497 e. The summed E-state index contributed by atoms with van der Waals surface area (Å²) in [5.41, 5.74) is 2.37. The molecule has 0 spiro atoms. The molecule has 1 unspecified atom stereocenters. The Labute approximate surface area is 140 Å². The lowest BCUT2D eigenvalue weighted by Gasteiger charge is -2.08. The smallest absolute Gasteiger partial charge is 0.137 e. The fourth-order valence-electron chi connectivity index (χ4n) is 2.35. The van der Waals surface area contributed by atoms with Crippen LogP contribution >= 0.6 is 38.5 Å². The van der Waals surface area contributed by atoms with Crippen molar-refractivity contribution in [3.8, 4) is 5.75 Å². The van der Waals surface area contributed by atoms with Crippen LogP contribution in [0.1, 0.15) is 12.0 Å². The van der Waals surface area contributed by atoms with Crippen LogP contribution in [0.25, 0.3) is 0 Å². The summed E-state index contributed by atoms with van der Waals surface area (Å²) in [6, 6.07) is 8.07. The molecule has 1 aliphatic carbocycles. The Hall–Kier alpha value is -0.820. The van der Waals surface area contributed by atoms with Crippen molar-refractivity contribution in [3.63, 3.8) is 0 Å². The minimum atomic E-state index is 0.417. The first kappa shape index (κ1) is 14.1. The molecule has 0 saturated heterocycles. The van der Waals surface area contributed by atoms with Crippen LogP contribution in [0, 0.1) is 5.92 Å². The zero-order chi connectivity index (χ0) is 14.1. The van der Waals surface area contributed by atoms with E-state index in [1.54, 1.807) is 7.11 Å². The molecule has 1 aromatic rings. The molecule has 1 aliphatic heterocycles. The van der Waals surface area contributed by atoms with E-state index in [2.05, 4.69) is 67.0 Å². The summed E-state index contributed by atoms with van der Waals surface area (Å²) >= 11 is 6.06. The van der Waals surface area contributed by atoms with Gasteiger partial charge in [0.15, 0.2) is 0 Å². The molecule has 1 atom stereocenters. The highest BCUT2D eigenvalue weighted by Crippen LogP contribution is 2.40. The summed E-state index contributed by atoms with van der Waals surface area (Å²) in [4.78, 5) is 4.66. The molecule has 20 heavy (non-hydrogen) atoms. The van der Waals surface area contributed by atoms with Crippen LogP contribution in [0.5, 0.6) is 5.75 Å². The molecule has 0 aromatic heterocycles. The summed E-state index contributed by atoms with van der Waals surface area (Å²) < 4.78 is 7.70. The van der Waals surface area contributed by atoms with Gasteiger partial charge in [0.2, 0.25) is 0 Å². The van der Waals surface area contributed by atoms with Gasteiger partial charge >= 0.3 is 0 Å². The van der Waals surface area contributed by atoms with Crippen LogP contribution in [0.2, 0.25) is 0 Å². The third-order valence-electron chi connectivity index (χ3n) is 3.45. The summed E-state index contributed by atoms with van der Waals surface area (Å²) in [5, 5.41) is 3.40. The number of hydrogen-bond donors (Lipinski definition) is 1. The van der Waals surface area contributed by atoms with E-state index in [0.717, 1.165) is 24.5 Å². The van der Waals surface area contributed by atoms with E-state index < -0.39 is 0 Å². The average Bonchev–Trinajstić information content (AvgIpc) is 2.95. The zero-order valence-corrected chi connectivity index (χ0v) is 14.7. The highest BCUT2D eigenvalue weighted by molar-refractivity contribution is 14.1. The van der Waals surface area contributed by atoms with Gasteiger partial charge in [-0.05, 0) is 56.4 Å². The Balaban J connectivity index is 1.67. The molecular formula is C15H14BrIN2O. The second kappa shape index (κ2) is 5.89. The topological polar surface area (TPSA) is 33.6 Å². The molecule has 3 nitrogen and oxygen atoms in total. The maximum absolute atomic E-state index is 5.16. The fraction of sp³-hybridized carbons (Fsp3) is 0.267. The maximum Gasteiger partial charge on any atom is 0.137 e. The van der Waals surface area contributed by atoms with E-state index in [-0.39, 0.29) is 0 Å². The Kier molecular flexibility index (Phi) is 4.16. The zero-order valence-electron chi connectivity index (χ0n) is 11.0. The summed E-state index contributed by atoms with van der Waals surface area (Å²) in [6.07, 6.45) is 3.24. The monoisotopic (exact) mass is 444 g/mol. The van der Waals surface area contributed by atoms with Gasteiger partial charge in [-0.15, -0.1) is 0 Å². The van der Waals surface area contributed by atoms with Crippen molar-refractivity contribution in [2.24, 2.45) is 10.9 Å². The lowest BCUT2D eigenvalue weighted by atomic mass is 10.1. The first-order valence-electron chi connectivity index (χ1n) is 6.38. The normalized spacial score (nSPS) is 20.6. The summed E-state index contributed by atoms with van der Waals surface area (Å²) in [5.74, 6) is 2.26. The van der Waals surface area contributed by atoms with Crippen molar-refractivity contribution in [3.05, 3.63) is 49.8 Å². The number of ether oxygens (including phenoxy) is 1. The molecule has 2 aliphatic rings. The van der Waals surface area contributed by atoms with Gasteiger partial charge in [0.05, 0.1) is 12.8 Å². The quantitative estimate of drug-likeness (QED) is 0.708. The van der Waals surface area contributed by atoms with E-state index >= 15 is 0 Å². The van der Waals surface area contributed by atoms with Crippen molar-refractivity contribution in [1.29, 1.82) is 0 Å². The van der Waals surface area contributed by atoms with Crippen LogP contribution < -0.4 is 10.1 Å². The number of halogens is 2. The van der Waals surface area contributed by atoms with Gasteiger partial charge in [-0.1, -0.05) is 28.1 Å². The van der Waals surface area contributed by atoms with Crippen molar-refractivity contribution in [2.75, 3.05) is 7.11 Å². The fourth-order valence-corrected chi connectivity index (χ4v) is 3.73. The standard InChI is InChI=1S/C15H14BrIN2O/c1-20-11-4-2-9(3-5-11)8-18-15-14(16)12-6-10(17)7-13(12)19-15/h2-5,7,12,18H,6,8H2,1H3. The molecule has 0 radical (unpaired) electrons. The Bertz CT molecular complexity index is 619. The molecular weight excluding hydrogens is 431 g/mol. The number of fused-ring (bicyclic) bond motifs is 1. The lowest BCUT2D eigenvalue weighted by molar-refractivity contribution is 0.414. The minimum Gasteiger partial charge on any atom is -0.497 e. The van der Waals surface area contributed by atoms with Gasteiger partial charge in [-0.2, -0.15) is 0 Å². The predicted octanol–water partition coefficient (Wildman–Crippen LogP) is 4.14. The van der Waals surface area contributed by atoms with Crippen LogP contribution in [-0.2, 0) is 6.54 Å². The van der Waals surface area contributed by atoms with Crippen molar-refractivity contribution >= 4 is 44.2 Å². The molecule has 3 rings (SSSR count). The molecule has 1 N–H and O–H groups in total. The van der Waals surface area contributed by atoms with Gasteiger partial charge < -0.3 is 10.1 Å². The molecule has 104 valence electrons. The van der Waals surface area contributed by atoms with E-state index in [1.165, 1.54) is 19.3 Å². The van der Waals surface area contributed by atoms with Crippen LogP contribution in [-0.4, -0.2) is 12.8 Å². The van der Waals surface area contributed by atoms with Crippen LogP contribution in [0.3, 0.4) is 0 Å². The number of allylic oxidation sites excluding steroid dienone is 3. The second-order valence-corrected chi connectivity index (χ2v) is 7.02. The average molecular weight is 445 g/mol. The molecule has 1 aromatic carbocycles. The molecule has 1 heterocycles. The first-order valence-corrected chi connectivity index (χ1v) is 8.25. The molecule has 0 fully saturated rings. The Morgan fingerprint density at radius 1 is 1.40 bits per heavy atom. The number of benzene rings is 1. The third-order valence-corrected chi connectivity index (χ3v) is 5.13. The van der Waals surface area contributed by atoms with E-state index in [1.807, 2.05) is 12.1 Å². The molecule has 0 saturated carbocycles. The van der Waals surface area contributed by atoms with E-state index in [4.69, 9.17) is 4.74 Å². The van der Waals surface area contributed by atoms with Gasteiger partial charge in [0, 0.05) is 16.9 Å². The van der Waals surface area contributed by atoms with Crippen LogP contribution in [0.15, 0.2) is 49.2 Å². The van der Waals surface area contributed by atoms with Crippen molar-refractivity contribution in [2.45, 2.75) is 13.0 Å². The maximum atomic E-state index is 5.16. The van der Waals surface area contributed by atoms with E-state index in [9.17, 15) is 0 Å². The lowest BCUT2D eigenvalue weighted by Crippen LogP contribution is -2.11. The number of rotatable bonds is 4. The van der Waals surface area contributed by atoms with Crippen molar-refractivity contribution < 1.29 is 4.74 Å². The minimum absolute atomic E-state index is 0.417. The van der Waals surface area contributed by atoms with Gasteiger partial charge in [0.1, 0.15) is 11.6 Å². The van der Waals surface area contributed by atoms with Gasteiger partial charge in [-0.3, -0.25) is 0 Å². The summed E-state index contributed by atoms with van der Waals surface area (Å²) in [6.45, 7) is 0.763. The number of hydrogen-bond acceptors (Lipinski definition) is 3.